The molecular weight excluding hydrogens is 178 g/mol. The first kappa shape index (κ1) is 10.3. The van der Waals surface area contributed by atoms with Crippen LogP contribution in [0.15, 0.2) is 42.5 Å². The maximum absolute atomic E-state index is 10.9. The largest absolute Gasteiger partial charge is 0.465 e. The van der Waals surface area contributed by atoms with Crippen molar-refractivity contribution in [3.05, 3.63) is 42.5 Å². The molecule has 3 heteroatoms. The minimum absolute atomic E-state index is 0.333. The molecule has 0 fully saturated rings. The van der Waals surface area contributed by atoms with Gasteiger partial charge in [0.25, 0.3) is 0 Å². The number of amides is 1. The van der Waals surface area contributed by atoms with Gasteiger partial charge < -0.3 is 5.11 Å². The highest BCUT2D eigenvalue weighted by Gasteiger charge is 2.12. The quantitative estimate of drug-likeness (QED) is 0.746. The number of nitrogens with zero attached hydrogens (tertiary/aromatic N) is 1. The maximum atomic E-state index is 10.9. The molecule has 0 spiro atoms. The maximum Gasteiger partial charge on any atom is 0.412 e. The lowest BCUT2D eigenvalue weighted by atomic mass is 10.2. The Labute approximate surface area is 83.3 Å². The smallest absolute Gasteiger partial charge is 0.412 e. The van der Waals surface area contributed by atoms with E-state index in [1.54, 1.807) is 19.1 Å². The number of benzene rings is 1. The molecule has 0 unspecified atom stereocenters. The molecule has 3 nitrogen and oxygen atoms in total. The summed E-state index contributed by atoms with van der Waals surface area (Å²) in [5.41, 5.74) is 1.49. The van der Waals surface area contributed by atoms with Crippen LogP contribution in [0, 0.1) is 0 Å². The topological polar surface area (TPSA) is 40.5 Å². The lowest BCUT2D eigenvalue weighted by molar-refractivity contribution is 0.202. The van der Waals surface area contributed by atoms with Gasteiger partial charge in [-0.25, -0.2) is 4.79 Å². The molecule has 0 aliphatic heterocycles. The number of rotatable bonds is 3. The van der Waals surface area contributed by atoms with E-state index in [1.807, 2.05) is 18.2 Å². The van der Waals surface area contributed by atoms with Crippen LogP contribution in [0.4, 0.5) is 10.5 Å². The minimum Gasteiger partial charge on any atom is -0.465 e. The fraction of sp³-hybridized carbons (Fsp3) is 0.182. The van der Waals surface area contributed by atoms with Gasteiger partial charge in [0, 0.05) is 12.2 Å². The highest BCUT2D eigenvalue weighted by atomic mass is 16.4. The summed E-state index contributed by atoms with van der Waals surface area (Å²) in [6.45, 7) is 5.83. The summed E-state index contributed by atoms with van der Waals surface area (Å²) in [4.78, 5) is 12.2. The van der Waals surface area contributed by atoms with E-state index in [9.17, 15) is 4.79 Å². The first-order valence-electron chi connectivity index (χ1n) is 4.31. The summed E-state index contributed by atoms with van der Waals surface area (Å²) in [5.74, 6) is 0. The van der Waals surface area contributed by atoms with Crippen LogP contribution in [0.25, 0.3) is 0 Å². The zero-order chi connectivity index (χ0) is 10.6. The Kier molecular flexibility index (Phi) is 3.29. The number of hydrogen-bond acceptors (Lipinski definition) is 1. The van der Waals surface area contributed by atoms with Crippen molar-refractivity contribution in [1.82, 2.24) is 0 Å². The summed E-state index contributed by atoms with van der Waals surface area (Å²) < 4.78 is 0. The van der Waals surface area contributed by atoms with Gasteiger partial charge in [-0.15, -0.1) is 0 Å². The molecule has 0 bridgehead atoms. The van der Waals surface area contributed by atoms with Gasteiger partial charge in [0.05, 0.1) is 0 Å². The SMILES string of the molecule is C=C(C)CN(C(=O)O)c1ccccc1. The van der Waals surface area contributed by atoms with Crippen LogP contribution in [0.3, 0.4) is 0 Å². The molecule has 1 aromatic carbocycles. The first-order valence-corrected chi connectivity index (χ1v) is 4.31. The van der Waals surface area contributed by atoms with E-state index in [1.165, 1.54) is 4.90 Å². The Morgan fingerprint density at radius 1 is 1.43 bits per heavy atom. The van der Waals surface area contributed by atoms with Gasteiger partial charge in [0.15, 0.2) is 0 Å². The molecule has 0 aromatic heterocycles. The standard InChI is InChI=1S/C11H13NO2/c1-9(2)8-12(11(13)14)10-6-4-3-5-7-10/h3-7H,1,8H2,2H3,(H,13,14). The number of carbonyl (C=O) groups is 1. The normalized spacial score (nSPS) is 9.50. The third-order valence-corrected chi connectivity index (χ3v) is 1.73. The van der Waals surface area contributed by atoms with Crippen LogP contribution in [-0.4, -0.2) is 17.7 Å². The Hall–Kier alpha value is -1.77. The Morgan fingerprint density at radius 2 is 2.00 bits per heavy atom. The second-order valence-corrected chi connectivity index (χ2v) is 3.16. The van der Waals surface area contributed by atoms with E-state index < -0.39 is 6.09 Å². The van der Waals surface area contributed by atoms with Crippen molar-refractivity contribution < 1.29 is 9.90 Å². The van der Waals surface area contributed by atoms with E-state index in [4.69, 9.17) is 5.11 Å². The highest BCUT2D eigenvalue weighted by Crippen LogP contribution is 2.14. The van der Waals surface area contributed by atoms with Crippen molar-refractivity contribution in [2.75, 3.05) is 11.4 Å². The average molecular weight is 191 g/mol. The predicted molar refractivity (Wildman–Crippen MR) is 56.6 cm³/mol. The fourth-order valence-corrected chi connectivity index (χ4v) is 1.15. The molecule has 1 amide bonds. The molecule has 1 aromatic rings. The third kappa shape index (κ3) is 2.62. The summed E-state index contributed by atoms with van der Waals surface area (Å²) in [6, 6.07) is 8.99. The Bertz CT molecular complexity index is 332. The van der Waals surface area contributed by atoms with E-state index in [-0.39, 0.29) is 0 Å². The predicted octanol–water partition coefficient (Wildman–Crippen LogP) is 2.75. The molecule has 0 aliphatic rings. The lowest BCUT2D eigenvalue weighted by Crippen LogP contribution is -2.30. The average Bonchev–Trinajstić information content (AvgIpc) is 2.15. The van der Waals surface area contributed by atoms with Gasteiger partial charge in [0.1, 0.15) is 0 Å². The zero-order valence-electron chi connectivity index (χ0n) is 8.10. The monoisotopic (exact) mass is 191 g/mol. The van der Waals surface area contributed by atoms with Gasteiger partial charge in [-0.1, -0.05) is 30.4 Å². The van der Waals surface area contributed by atoms with Gasteiger partial charge in [-0.2, -0.15) is 0 Å². The second kappa shape index (κ2) is 4.46. The van der Waals surface area contributed by atoms with Crippen LogP contribution in [0.2, 0.25) is 0 Å². The van der Waals surface area contributed by atoms with Crippen LogP contribution >= 0.6 is 0 Å². The Balaban J connectivity index is 2.89. The van der Waals surface area contributed by atoms with Gasteiger partial charge in [-0.3, -0.25) is 4.90 Å². The number of hydrogen-bond donors (Lipinski definition) is 1. The van der Waals surface area contributed by atoms with Crippen molar-refractivity contribution in [1.29, 1.82) is 0 Å². The molecule has 0 radical (unpaired) electrons. The van der Waals surface area contributed by atoms with Crippen molar-refractivity contribution in [2.45, 2.75) is 6.92 Å². The van der Waals surface area contributed by atoms with Crippen LogP contribution in [0.5, 0.6) is 0 Å². The van der Waals surface area contributed by atoms with Gasteiger partial charge in [0.2, 0.25) is 0 Å². The molecule has 0 atom stereocenters. The van der Waals surface area contributed by atoms with Crippen molar-refractivity contribution in [2.24, 2.45) is 0 Å². The molecule has 14 heavy (non-hydrogen) atoms. The van der Waals surface area contributed by atoms with Crippen molar-refractivity contribution >= 4 is 11.8 Å². The van der Waals surface area contributed by atoms with Crippen LogP contribution in [0.1, 0.15) is 6.92 Å². The third-order valence-electron chi connectivity index (χ3n) is 1.73. The first-order chi connectivity index (χ1) is 6.61. The summed E-state index contributed by atoms with van der Waals surface area (Å²) in [7, 11) is 0. The molecular formula is C11H13NO2. The van der Waals surface area contributed by atoms with Crippen molar-refractivity contribution in [3.8, 4) is 0 Å². The molecule has 0 saturated heterocycles. The number of carboxylic acid groups (broad SMARTS) is 1. The molecule has 1 N–H and O–H groups in total. The van der Waals surface area contributed by atoms with E-state index in [0.717, 1.165) is 5.57 Å². The fourth-order valence-electron chi connectivity index (χ4n) is 1.15. The molecule has 0 heterocycles. The van der Waals surface area contributed by atoms with E-state index in [2.05, 4.69) is 6.58 Å². The number of para-hydroxylation sites is 1. The molecule has 0 saturated carbocycles. The lowest BCUT2D eigenvalue weighted by Gasteiger charge is -2.18. The summed E-state index contributed by atoms with van der Waals surface area (Å²) in [5, 5.41) is 8.96. The van der Waals surface area contributed by atoms with E-state index >= 15 is 0 Å². The minimum atomic E-state index is -0.959. The van der Waals surface area contributed by atoms with E-state index in [0.29, 0.717) is 12.2 Å². The summed E-state index contributed by atoms with van der Waals surface area (Å²) >= 11 is 0. The van der Waals surface area contributed by atoms with Crippen LogP contribution in [-0.2, 0) is 0 Å². The molecule has 0 aliphatic carbocycles. The van der Waals surface area contributed by atoms with Gasteiger partial charge >= 0.3 is 6.09 Å². The number of anilines is 1. The molecule has 1 rings (SSSR count). The van der Waals surface area contributed by atoms with Crippen molar-refractivity contribution in [3.63, 3.8) is 0 Å². The Morgan fingerprint density at radius 3 is 2.43 bits per heavy atom. The van der Waals surface area contributed by atoms with Gasteiger partial charge in [-0.05, 0) is 19.1 Å². The highest BCUT2D eigenvalue weighted by molar-refractivity contribution is 5.86. The second-order valence-electron chi connectivity index (χ2n) is 3.16. The van der Waals surface area contributed by atoms with Crippen LogP contribution < -0.4 is 4.90 Å². The summed E-state index contributed by atoms with van der Waals surface area (Å²) in [6.07, 6.45) is -0.959. The molecule has 74 valence electrons. The zero-order valence-corrected chi connectivity index (χ0v) is 8.10.